The number of carbonyl (C=O) groups excluding carboxylic acids is 1. The first-order valence-corrected chi connectivity index (χ1v) is 9.55. The summed E-state index contributed by atoms with van der Waals surface area (Å²) in [6.45, 7) is 0. The molecule has 1 aromatic heterocycles. The third-order valence-corrected chi connectivity index (χ3v) is 4.70. The highest BCUT2D eigenvalue weighted by Gasteiger charge is 2.24. The van der Waals surface area contributed by atoms with E-state index in [4.69, 9.17) is 16.3 Å². The van der Waals surface area contributed by atoms with Crippen molar-refractivity contribution < 1.29 is 9.53 Å². The van der Waals surface area contributed by atoms with E-state index in [1.165, 1.54) is 10.9 Å². The zero-order valence-corrected chi connectivity index (χ0v) is 16.4. The Morgan fingerprint density at radius 3 is 2.69 bits per heavy atom. The summed E-state index contributed by atoms with van der Waals surface area (Å²) < 4.78 is 7.04. The minimum Gasteiger partial charge on any atom is -0.453 e. The van der Waals surface area contributed by atoms with Gasteiger partial charge in [-0.05, 0) is 55.3 Å². The van der Waals surface area contributed by atoms with Crippen molar-refractivity contribution in [2.75, 3.05) is 5.32 Å². The first-order valence-electron chi connectivity index (χ1n) is 9.17. The Bertz CT molecular complexity index is 1110. The second kappa shape index (κ2) is 7.97. The molecule has 8 heteroatoms. The monoisotopic (exact) mass is 410 g/mol. The number of benzene rings is 2. The van der Waals surface area contributed by atoms with Crippen molar-refractivity contribution in [2.24, 2.45) is 7.05 Å². The highest BCUT2D eigenvalue weighted by atomic mass is 35.5. The number of carbonyl (C=O) groups is 1. The van der Waals surface area contributed by atoms with E-state index in [0.717, 1.165) is 12.8 Å². The van der Waals surface area contributed by atoms with Crippen LogP contribution in [0.1, 0.15) is 23.2 Å². The van der Waals surface area contributed by atoms with Crippen LogP contribution < -0.4 is 20.9 Å². The van der Waals surface area contributed by atoms with Crippen LogP contribution in [0.2, 0.25) is 5.02 Å². The van der Waals surface area contributed by atoms with Crippen molar-refractivity contribution in [2.45, 2.75) is 18.9 Å². The number of hydrogen-bond acceptors (Lipinski definition) is 5. The summed E-state index contributed by atoms with van der Waals surface area (Å²) in [5, 5.41) is 10.6. The Kier molecular flexibility index (Phi) is 5.22. The van der Waals surface area contributed by atoms with Crippen molar-refractivity contribution in [3.8, 4) is 11.5 Å². The van der Waals surface area contributed by atoms with E-state index in [1.54, 1.807) is 55.6 Å². The molecule has 1 fully saturated rings. The summed E-state index contributed by atoms with van der Waals surface area (Å²) in [7, 11) is 1.55. The lowest BCUT2D eigenvalue weighted by molar-refractivity contribution is 0.0951. The number of hydrogen-bond donors (Lipinski definition) is 2. The topological polar surface area (TPSA) is 85.2 Å². The average molecular weight is 411 g/mol. The molecule has 1 aliphatic carbocycles. The SMILES string of the molecule is Cn1ncc(Oc2ccc(Cl)cc2)c(Nc2cccc(C(=O)NC3CC3)c2)c1=O. The molecule has 0 saturated heterocycles. The van der Waals surface area contributed by atoms with Gasteiger partial charge >= 0.3 is 0 Å². The summed E-state index contributed by atoms with van der Waals surface area (Å²) in [4.78, 5) is 25.0. The summed E-state index contributed by atoms with van der Waals surface area (Å²) >= 11 is 5.91. The molecule has 7 nitrogen and oxygen atoms in total. The maximum absolute atomic E-state index is 12.7. The quantitative estimate of drug-likeness (QED) is 0.644. The molecular formula is C21H19ClN4O3. The molecule has 0 atom stereocenters. The molecule has 4 rings (SSSR count). The fourth-order valence-electron chi connectivity index (χ4n) is 2.72. The molecule has 1 heterocycles. The number of amides is 1. The third kappa shape index (κ3) is 4.57. The zero-order valence-electron chi connectivity index (χ0n) is 15.7. The van der Waals surface area contributed by atoms with Crippen LogP contribution in [0.25, 0.3) is 0 Å². The fourth-order valence-corrected chi connectivity index (χ4v) is 2.85. The molecule has 0 spiro atoms. The standard InChI is InChI=1S/C21H19ClN4O3/c1-26-21(28)19(18(12-23-26)29-17-9-5-14(22)6-10-17)24-16-4-2-3-13(11-16)20(27)25-15-7-8-15/h2-6,9-12,15,24H,7-8H2,1H3,(H,25,27). The van der Waals surface area contributed by atoms with Gasteiger partial charge in [-0.15, -0.1) is 0 Å². The molecule has 1 amide bonds. The van der Waals surface area contributed by atoms with Gasteiger partial charge in [0.2, 0.25) is 0 Å². The number of anilines is 2. The minimum absolute atomic E-state index is 0.128. The molecule has 0 radical (unpaired) electrons. The summed E-state index contributed by atoms with van der Waals surface area (Å²) in [5.74, 6) is 0.657. The first-order chi connectivity index (χ1) is 14.0. The minimum atomic E-state index is -0.357. The summed E-state index contributed by atoms with van der Waals surface area (Å²) in [6.07, 6.45) is 3.49. The van der Waals surface area contributed by atoms with Crippen LogP contribution in [0.15, 0.2) is 59.5 Å². The number of ether oxygens (including phenoxy) is 1. The van der Waals surface area contributed by atoms with E-state index in [-0.39, 0.29) is 28.9 Å². The highest BCUT2D eigenvalue weighted by Crippen LogP contribution is 2.29. The van der Waals surface area contributed by atoms with Gasteiger partial charge < -0.3 is 15.4 Å². The van der Waals surface area contributed by atoms with Gasteiger partial charge in [0.1, 0.15) is 5.75 Å². The van der Waals surface area contributed by atoms with Crippen molar-refractivity contribution in [1.82, 2.24) is 15.1 Å². The summed E-state index contributed by atoms with van der Waals surface area (Å²) in [6, 6.07) is 14.0. The van der Waals surface area contributed by atoms with Crippen LogP contribution in [0.3, 0.4) is 0 Å². The van der Waals surface area contributed by atoms with E-state index >= 15 is 0 Å². The largest absolute Gasteiger partial charge is 0.453 e. The molecule has 3 aromatic rings. The van der Waals surface area contributed by atoms with E-state index in [9.17, 15) is 9.59 Å². The van der Waals surface area contributed by atoms with Crippen LogP contribution in [-0.4, -0.2) is 21.7 Å². The van der Waals surface area contributed by atoms with Crippen molar-refractivity contribution >= 4 is 28.9 Å². The van der Waals surface area contributed by atoms with Gasteiger partial charge in [0.05, 0.1) is 6.20 Å². The molecular weight excluding hydrogens is 392 g/mol. The van der Waals surface area contributed by atoms with E-state index in [2.05, 4.69) is 15.7 Å². The number of nitrogens with one attached hydrogen (secondary N) is 2. The molecule has 2 N–H and O–H groups in total. The molecule has 0 unspecified atom stereocenters. The van der Waals surface area contributed by atoms with Gasteiger partial charge in [0.15, 0.2) is 11.4 Å². The van der Waals surface area contributed by atoms with Crippen LogP contribution >= 0.6 is 11.6 Å². The van der Waals surface area contributed by atoms with Gasteiger partial charge in [-0.3, -0.25) is 9.59 Å². The lowest BCUT2D eigenvalue weighted by Gasteiger charge is -2.14. The highest BCUT2D eigenvalue weighted by molar-refractivity contribution is 6.30. The van der Waals surface area contributed by atoms with Gasteiger partial charge in [0, 0.05) is 29.4 Å². The summed E-state index contributed by atoms with van der Waals surface area (Å²) in [5.41, 5.74) is 0.979. The molecule has 0 aliphatic heterocycles. The predicted molar refractivity (Wildman–Crippen MR) is 111 cm³/mol. The zero-order chi connectivity index (χ0) is 20.4. The Morgan fingerprint density at radius 1 is 1.21 bits per heavy atom. The average Bonchev–Trinajstić information content (AvgIpc) is 3.53. The van der Waals surface area contributed by atoms with Gasteiger partial charge in [-0.1, -0.05) is 17.7 Å². The van der Waals surface area contributed by atoms with Crippen LogP contribution in [0.5, 0.6) is 11.5 Å². The van der Waals surface area contributed by atoms with Crippen LogP contribution in [-0.2, 0) is 7.05 Å². The van der Waals surface area contributed by atoms with Crippen molar-refractivity contribution in [3.63, 3.8) is 0 Å². The van der Waals surface area contributed by atoms with Crippen molar-refractivity contribution in [1.29, 1.82) is 0 Å². The van der Waals surface area contributed by atoms with Crippen LogP contribution in [0.4, 0.5) is 11.4 Å². The maximum atomic E-state index is 12.7. The van der Waals surface area contributed by atoms with Crippen LogP contribution in [0, 0.1) is 0 Å². The Morgan fingerprint density at radius 2 is 1.97 bits per heavy atom. The number of aryl methyl sites for hydroxylation is 1. The van der Waals surface area contributed by atoms with E-state index in [0.29, 0.717) is 22.0 Å². The number of aromatic nitrogens is 2. The second-order valence-corrected chi connectivity index (χ2v) is 7.26. The predicted octanol–water partition coefficient (Wildman–Crippen LogP) is 3.86. The lowest BCUT2D eigenvalue weighted by Crippen LogP contribution is -2.25. The van der Waals surface area contributed by atoms with Crippen molar-refractivity contribution in [3.05, 3.63) is 75.7 Å². The second-order valence-electron chi connectivity index (χ2n) is 6.82. The number of nitrogens with zero attached hydrogens (tertiary/aromatic N) is 2. The smallest absolute Gasteiger partial charge is 0.294 e. The Labute approximate surface area is 172 Å². The number of halogens is 1. The van der Waals surface area contributed by atoms with Gasteiger partial charge in [-0.2, -0.15) is 5.10 Å². The van der Waals surface area contributed by atoms with Gasteiger partial charge in [0.25, 0.3) is 11.5 Å². The molecule has 2 aromatic carbocycles. The molecule has 148 valence electrons. The first kappa shape index (κ1) is 19.0. The molecule has 1 aliphatic rings. The van der Waals surface area contributed by atoms with Gasteiger partial charge in [-0.25, -0.2) is 4.68 Å². The Balaban J connectivity index is 1.62. The normalized spacial score (nSPS) is 13.0. The van der Waals surface area contributed by atoms with E-state index in [1.807, 2.05) is 0 Å². The van der Waals surface area contributed by atoms with E-state index < -0.39 is 0 Å². The molecule has 0 bridgehead atoms. The Hall–Kier alpha value is -3.32. The molecule has 1 saturated carbocycles. The third-order valence-electron chi connectivity index (χ3n) is 4.45. The molecule has 29 heavy (non-hydrogen) atoms. The fraction of sp³-hybridized carbons (Fsp3) is 0.190. The number of rotatable bonds is 6. The lowest BCUT2D eigenvalue weighted by atomic mass is 10.2. The maximum Gasteiger partial charge on any atom is 0.294 e.